The van der Waals surface area contributed by atoms with Gasteiger partial charge in [-0.15, -0.1) is 0 Å². The zero-order chi connectivity index (χ0) is 17.6. The normalized spacial score (nSPS) is 10.1. The molecule has 1 amide bonds. The molecule has 0 saturated heterocycles. The first-order valence-corrected chi connectivity index (χ1v) is 7.89. The molecule has 1 heterocycles. The number of aryl methyl sites for hydroxylation is 1. The lowest BCUT2D eigenvalue weighted by atomic mass is 10.1. The van der Waals surface area contributed by atoms with Crippen molar-refractivity contribution in [3.63, 3.8) is 0 Å². The lowest BCUT2D eigenvalue weighted by Gasteiger charge is -2.08. The van der Waals surface area contributed by atoms with Crippen LogP contribution in [0.1, 0.15) is 5.56 Å². The number of carbonyl (C=O) groups is 1. The van der Waals surface area contributed by atoms with E-state index in [9.17, 15) is 4.79 Å². The number of benzene rings is 2. The first-order chi connectivity index (χ1) is 12.1. The molecule has 0 spiro atoms. The van der Waals surface area contributed by atoms with Crippen LogP contribution in [0.2, 0.25) is 0 Å². The van der Waals surface area contributed by atoms with E-state index in [0.717, 1.165) is 22.8 Å². The molecule has 0 aliphatic heterocycles. The highest BCUT2D eigenvalue weighted by Crippen LogP contribution is 2.25. The minimum absolute atomic E-state index is 0.286. The Labute approximate surface area is 146 Å². The van der Waals surface area contributed by atoms with Gasteiger partial charge in [0, 0.05) is 5.56 Å². The molecule has 1 N–H and O–H groups in total. The number of pyridine rings is 1. The van der Waals surface area contributed by atoms with Crippen LogP contribution in [0, 0.1) is 6.92 Å². The maximum atomic E-state index is 11.4. The topological polar surface area (TPSA) is 51.2 Å². The van der Waals surface area contributed by atoms with Gasteiger partial charge in [0.1, 0.15) is 17.3 Å². The molecular formula is C21H18N2O2. The van der Waals surface area contributed by atoms with Crippen LogP contribution in [-0.2, 0) is 4.79 Å². The number of hydrogen-bond acceptors (Lipinski definition) is 3. The summed E-state index contributed by atoms with van der Waals surface area (Å²) in [5.74, 6) is 1.75. The standard InChI is InChI=1S/C21H18N2O2/c1-3-21(24)23-20-6-4-5-19(22-20)16-9-13-18(14-10-16)25-17-11-7-15(2)8-12-17/h3-14H,1H2,2H3,(H,22,23,24). The predicted molar refractivity (Wildman–Crippen MR) is 99.8 cm³/mol. The van der Waals surface area contributed by atoms with Crippen LogP contribution in [0.4, 0.5) is 5.82 Å². The number of amides is 1. The summed E-state index contributed by atoms with van der Waals surface area (Å²) >= 11 is 0. The van der Waals surface area contributed by atoms with E-state index in [-0.39, 0.29) is 5.91 Å². The van der Waals surface area contributed by atoms with Gasteiger partial charge in [-0.2, -0.15) is 0 Å². The largest absolute Gasteiger partial charge is 0.457 e. The number of carbonyl (C=O) groups excluding carboxylic acids is 1. The molecule has 0 aliphatic rings. The summed E-state index contributed by atoms with van der Waals surface area (Å²) in [5, 5.41) is 2.66. The molecule has 0 unspecified atom stereocenters. The molecule has 3 aromatic rings. The van der Waals surface area contributed by atoms with Crippen LogP contribution in [-0.4, -0.2) is 10.9 Å². The van der Waals surface area contributed by atoms with E-state index >= 15 is 0 Å². The zero-order valence-electron chi connectivity index (χ0n) is 13.9. The molecule has 124 valence electrons. The highest BCUT2D eigenvalue weighted by Gasteiger charge is 2.04. The molecule has 0 bridgehead atoms. The first-order valence-electron chi connectivity index (χ1n) is 7.89. The monoisotopic (exact) mass is 330 g/mol. The Kier molecular flexibility index (Phi) is 4.90. The van der Waals surface area contributed by atoms with Crippen LogP contribution in [0.25, 0.3) is 11.3 Å². The van der Waals surface area contributed by atoms with Crippen LogP contribution in [0.5, 0.6) is 11.5 Å². The smallest absolute Gasteiger partial charge is 0.248 e. The predicted octanol–water partition coefficient (Wildman–Crippen LogP) is 4.97. The number of nitrogens with zero attached hydrogens (tertiary/aromatic N) is 1. The Morgan fingerprint density at radius 3 is 2.28 bits per heavy atom. The van der Waals surface area contributed by atoms with Crippen LogP contribution in [0.15, 0.2) is 79.4 Å². The number of anilines is 1. The summed E-state index contributed by atoms with van der Waals surface area (Å²) in [7, 11) is 0. The highest BCUT2D eigenvalue weighted by atomic mass is 16.5. The van der Waals surface area contributed by atoms with E-state index in [1.165, 1.54) is 11.6 Å². The van der Waals surface area contributed by atoms with Crippen molar-refractivity contribution >= 4 is 11.7 Å². The number of ether oxygens (including phenoxy) is 1. The Morgan fingerprint density at radius 2 is 1.64 bits per heavy atom. The van der Waals surface area contributed by atoms with Gasteiger partial charge in [0.25, 0.3) is 0 Å². The molecule has 0 atom stereocenters. The third-order valence-corrected chi connectivity index (χ3v) is 3.59. The lowest BCUT2D eigenvalue weighted by molar-refractivity contribution is -0.111. The molecular weight excluding hydrogens is 312 g/mol. The van der Waals surface area contributed by atoms with Gasteiger partial charge in [-0.05, 0) is 61.5 Å². The molecule has 0 saturated carbocycles. The minimum Gasteiger partial charge on any atom is -0.457 e. The van der Waals surface area contributed by atoms with Gasteiger partial charge in [0.2, 0.25) is 5.91 Å². The van der Waals surface area contributed by atoms with Gasteiger partial charge in [-0.1, -0.05) is 30.3 Å². The van der Waals surface area contributed by atoms with Crippen molar-refractivity contribution in [3.8, 4) is 22.8 Å². The second-order valence-electron chi connectivity index (χ2n) is 5.54. The van der Waals surface area contributed by atoms with Gasteiger partial charge in [-0.25, -0.2) is 4.98 Å². The van der Waals surface area contributed by atoms with Crippen LogP contribution in [0.3, 0.4) is 0 Å². The van der Waals surface area contributed by atoms with Crippen molar-refractivity contribution in [3.05, 3.63) is 84.9 Å². The zero-order valence-corrected chi connectivity index (χ0v) is 13.9. The van der Waals surface area contributed by atoms with E-state index in [0.29, 0.717) is 5.82 Å². The van der Waals surface area contributed by atoms with E-state index < -0.39 is 0 Å². The Bertz CT molecular complexity index is 885. The fourth-order valence-corrected chi connectivity index (χ4v) is 2.28. The SMILES string of the molecule is C=CC(=O)Nc1cccc(-c2ccc(Oc3ccc(C)cc3)cc2)n1. The van der Waals surface area contributed by atoms with Gasteiger partial charge in [-0.3, -0.25) is 4.79 Å². The summed E-state index contributed by atoms with van der Waals surface area (Å²) in [6.07, 6.45) is 1.21. The maximum absolute atomic E-state index is 11.4. The van der Waals surface area contributed by atoms with E-state index in [1.807, 2.05) is 67.6 Å². The summed E-state index contributed by atoms with van der Waals surface area (Å²) in [4.78, 5) is 15.8. The molecule has 3 rings (SSSR count). The summed E-state index contributed by atoms with van der Waals surface area (Å²) in [6.45, 7) is 5.47. The number of rotatable bonds is 5. The van der Waals surface area contributed by atoms with Crippen molar-refractivity contribution in [1.82, 2.24) is 4.98 Å². The van der Waals surface area contributed by atoms with Crippen molar-refractivity contribution < 1.29 is 9.53 Å². The number of aromatic nitrogens is 1. The Morgan fingerprint density at radius 1 is 1.00 bits per heavy atom. The Balaban J connectivity index is 1.75. The molecule has 4 heteroatoms. The van der Waals surface area contributed by atoms with Gasteiger partial charge < -0.3 is 10.1 Å². The van der Waals surface area contributed by atoms with E-state index in [1.54, 1.807) is 6.07 Å². The first kappa shape index (κ1) is 16.5. The minimum atomic E-state index is -0.286. The number of nitrogens with one attached hydrogen (secondary N) is 1. The van der Waals surface area contributed by atoms with E-state index in [4.69, 9.17) is 4.74 Å². The molecule has 25 heavy (non-hydrogen) atoms. The second kappa shape index (κ2) is 7.45. The molecule has 4 nitrogen and oxygen atoms in total. The summed E-state index contributed by atoms with van der Waals surface area (Å²) in [5.41, 5.74) is 2.90. The van der Waals surface area contributed by atoms with Crippen molar-refractivity contribution in [2.45, 2.75) is 6.92 Å². The third kappa shape index (κ3) is 4.32. The summed E-state index contributed by atoms with van der Waals surface area (Å²) < 4.78 is 5.83. The van der Waals surface area contributed by atoms with Gasteiger partial charge in [0.15, 0.2) is 0 Å². The van der Waals surface area contributed by atoms with Crippen LogP contribution >= 0.6 is 0 Å². The number of hydrogen-bond donors (Lipinski definition) is 1. The third-order valence-electron chi connectivity index (χ3n) is 3.59. The fraction of sp³-hybridized carbons (Fsp3) is 0.0476. The van der Waals surface area contributed by atoms with E-state index in [2.05, 4.69) is 16.9 Å². The average Bonchev–Trinajstić information content (AvgIpc) is 2.64. The molecule has 0 fully saturated rings. The maximum Gasteiger partial charge on any atom is 0.248 e. The quantitative estimate of drug-likeness (QED) is 0.672. The van der Waals surface area contributed by atoms with Gasteiger partial charge >= 0.3 is 0 Å². The lowest BCUT2D eigenvalue weighted by Crippen LogP contribution is -2.08. The van der Waals surface area contributed by atoms with Crippen molar-refractivity contribution in [1.29, 1.82) is 0 Å². The second-order valence-corrected chi connectivity index (χ2v) is 5.54. The average molecular weight is 330 g/mol. The fourth-order valence-electron chi connectivity index (χ4n) is 2.28. The Hall–Kier alpha value is -3.40. The molecule has 0 aliphatic carbocycles. The van der Waals surface area contributed by atoms with Crippen LogP contribution < -0.4 is 10.1 Å². The summed E-state index contributed by atoms with van der Waals surface area (Å²) in [6, 6.07) is 21.0. The molecule has 2 aromatic carbocycles. The van der Waals surface area contributed by atoms with Crippen molar-refractivity contribution in [2.24, 2.45) is 0 Å². The molecule has 1 aromatic heterocycles. The van der Waals surface area contributed by atoms with Gasteiger partial charge in [0.05, 0.1) is 5.69 Å². The van der Waals surface area contributed by atoms with Crippen molar-refractivity contribution in [2.75, 3.05) is 5.32 Å². The highest BCUT2D eigenvalue weighted by molar-refractivity contribution is 5.98. The molecule has 0 radical (unpaired) electrons.